The van der Waals surface area contributed by atoms with Gasteiger partial charge in [0, 0.05) is 12.0 Å². The maximum atomic E-state index is 12.1. The average Bonchev–Trinajstić information content (AvgIpc) is 2.92. The Kier molecular flexibility index (Phi) is 4.40. The zero-order chi connectivity index (χ0) is 14.5. The standard InChI is InChI=1S/C15H19N3O2/c1-3-10(4-2)13-9-14(20-18-13)15(19)17-12-8-6-5-7-11(12)16/h5-10H,3-4,16H2,1-2H3,(H,17,19). The number of nitrogen functional groups attached to an aromatic ring is 1. The molecule has 0 atom stereocenters. The Labute approximate surface area is 118 Å². The van der Waals surface area contributed by atoms with Crippen LogP contribution in [0.15, 0.2) is 34.9 Å². The number of carbonyl (C=O) groups is 1. The summed E-state index contributed by atoms with van der Waals surface area (Å²) in [5, 5.41) is 6.69. The van der Waals surface area contributed by atoms with E-state index in [1.54, 1.807) is 18.2 Å². The average molecular weight is 273 g/mol. The lowest BCUT2D eigenvalue weighted by molar-refractivity contribution is 0.0988. The number of para-hydroxylation sites is 2. The smallest absolute Gasteiger partial charge is 0.294 e. The quantitative estimate of drug-likeness (QED) is 0.818. The minimum atomic E-state index is -0.340. The van der Waals surface area contributed by atoms with Crippen LogP contribution in [-0.2, 0) is 0 Å². The van der Waals surface area contributed by atoms with E-state index in [2.05, 4.69) is 24.3 Å². The van der Waals surface area contributed by atoms with Crippen molar-refractivity contribution in [3.8, 4) is 0 Å². The minimum Gasteiger partial charge on any atom is -0.397 e. The third-order valence-corrected chi connectivity index (χ3v) is 3.37. The predicted octanol–water partition coefficient (Wildman–Crippen LogP) is 3.41. The Morgan fingerprint density at radius 3 is 2.70 bits per heavy atom. The minimum absolute atomic E-state index is 0.204. The van der Waals surface area contributed by atoms with Crippen LogP contribution in [0.5, 0.6) is 0 Å². The molecule has 106 valence electrons. The molecule has 3 N–H and O–H groups in total. The van der Waals surface area contributed by atoms with E-state index in [4.69, 9.17) is 10.3 Å². The van der Waals surface area contributed by atoms with E-state index in [0.29, 0.717) is 17.3 Å². The molecule has 1 aromatic carbocycles. The van der Waals surface area contributed by atoms with E-state index in [9.17, 15) is 4.79 Å². The first-order chi connectivity index (χ1) is 9.65. The van der Waals surface area contributed by atoms with Gasteiger partial charge in [0.25, 0.3) is 5.91 Å². The number of carbonyl (C=O) groups excluding carboxylic acids is 1. The molecule has 0 unspecified atom stereocenters. The zero-order valence-corrected chi connectivity index (χ0v) is 11.7. The summed E-state index contributed by atoms with van der Waals surface area (Å²) in [4.78, 5) is 12.1. The second-order valence-corrected chi connectivity index (χ2v) is 4.67. The number of rotatable bonds is 5. The van der Waals surface area contributed by atoms with Crippen molar-refractivity contribution in [3.63, 3.8) is 0 Å². The van der Waals surface area contributed by atoms with E-state index in [-0.39, 0.29) is 11.7 Å². The number of benzene rings is 1. The van der Waals surface area contributed by atoms with Gasteiger partial charge in [-0.05, 0) is 25.0 Å². The third kappa shape index (κ3) is 2.99. The first-order valence-electron chi connectivity index (χ1n) is 6.78. The molecular weight excluding hydrogens is 254 g/mol. The number of amides is 1. The molecule has 0 aliphatic rings. The molecule has 0 saturated carbocycles. The molecule has 0 radical (unpaired) electrons. The molecule has 0 aliphatic carbocycles. The molecule has 1 aromatic heterocycles. The number of anilines is 2. The summed E-state index contributed by atoms with van der Waals surface area (Å²) in [6.45, 7) is 4.18. The summed E-state index contributed by atoms with van der Waals surface area (Å²) in [5.74, 6) is 0.185. The lowest BCUT2D eigenvalue weighted by Crippen LogP contribution is -2.12. The van der Waals surface area contributed by atoms with Gasteiger partial charge in [-0.25, -0.2) is 0 Å². The van der Waals surface area contributed by atoms with E-state index in [1.807, 2.05) is 12.1 Å². The highest BCUT2D eigenvalue weighted by molar-refractivity contribution is 6.03. The SMILES string of the molecule is CCC(CC)c1cc(C(=O)Nc2ccccc2N)on1. The molecule has 0 saturated heterocycles. The topological polar surface area (TPSA) is 81.2 Å². The van der Waals surface area contributed by atoms with Gasteiger partial charge in [-0.15, -0.1) is 0 Å². The van der Waals surface area contributed by atoms with Crippen LogP contribution in [0, 0.1) is 0 Å². The largest absolute Gasteiger partial charge is 0.397 e. The zero-order valence-electron chi connectivity index (χ0n) is 11.7. The van der Waals surface area contributed by atoms with Crippen molar-refractivity contribution >= 4 is 17.3 Å². The molecule has 1 heterocycles. The Morgan fingerprint density at radius 1 is 1.35 bits per heavy atom. The van der Waals surface area contributed by atoms with Gasteiger partial charge in [0.1, 0.15) is 0 Å². The highest BCUT2D eigenvalue weighted by atomic mass is 16.5. The van der Waals surface area contributed by atoms with Gasteiger partial charge in [0.2, 0.25) is 5.76 Å². The lowest BCUT2D eigenvalue weighted by Gasteiger charge is -2.06. The van der Waals surface area contributed by atoms with Crippen molar-refractivity contribution in [2.24, 2.45) is 0 Å². The van der Waals surface area contributed by atoms with Crippen LogP contribution in [0.3, 0.4) is 0 Å². The normalized spacial score (nSPS) is 10.8. The maximum Gasteiger partial charge on any atom is 0.294 e. The fraction of sp³-hybridized carbons (Fsp3) is 0.333. The van der Waals surface area contributed by atoms with Crippen LogP contribution in [0.2, 0.25) is 0 Å². The van der Waals surface area contributed by atoms with Crippen LogP contribution in [0.1, 0.15) is 48.9 Å². The van der Waals surface area contributed by atoms with Gasteiger partial charge in [-0.3, -0.25) is 4.79 Å². The van der Waals surface area contributed by atoms with Crippen molar-refractivity contribution in [2.45, 2.75) is 32.6 Å². The molecule has 0 spiro atoms. The van der Waals surface area contributed by atoms with Crippen molar-refractivity contribution in [3.05, 3.63) is 41.8 Å². The molecule has 0 fully saturated rings. The highest BCUT2D eigenvalue weighted by Crippen LogP contribution is 2.23. The van der Waals surface area contributed by atoms with Gasteiger partial charge in [0.15, 0.2) is 0 Å². The maximum absolute atomic E-state index is 12.1. The molecular formula is C15H19N3O2. The third-order valence-electron chi connectivity index (χ3n) is 3.37. The van der Waals surface area contributed by atoms with Crippen LogP contribution in [-0.4, -0.2) is 11.1 Å². The molecule has 2 rings (SSSR count). The van der Waals surface area contributed by atoms with Crippen molar-refractivity contribution in [1.29, 1.82) is 0 Å². The number of hydrogen-bond acceptors (Lipinski definition) is 4. The number of nitrogens with two attached hydrogens (primary N) is 1. The Balaban J connectivity index is 2.12. The molecule has 0 bridgehead atoms. The van der Waals surface area contributed by atoms with E-state index >= 15 is 0 Å². The molecule has 0 aliphatic heterocycles. The van der Waals surface area contributed by atoms with E-state index < -0.39 is 0 Å². The summed E-state index contributed by atoms with van der Waals surface area (Å²) in [5.41, 5.74) is 7.69. The van der Waals surface area contributed by atoms with Crippen molar-refractivity contribution in [2.75, 3.05) is 11.1 Å². The predicted molar refractivity (Wildman–Crippen MR) is 78.6 cm³/mol. The molecule has 5 heteroatoms. The molecule has 1 amide bonds. The van der Waals surface area contributed by atoms with Crippen molar-refractivity contribution in [1.82, 2.24) is 5.16 Å². The second kappa shape index (κ2) is 6.23. The molecule has 5 nitrogen and oxygen atoms in total. The fourth-order valence-electron chi connectivity index (χ4n) is 2.09. The highest BCUT2D eigenvalue weighted by Gasteiger charge is 2.17. The van der Waals surface area contributed by atoms with Crippen LogP contribution in [0.4, 0.5) is 11.4 Å². The van der Waals surface area contributed by atoms with Gasteiger partial charge in [-0.1, -0.05) is 31.1 Å². The fourth-order valence-corrected chi connectivity index (χ4v) is 2.09. The summed E-state index contributed by atoms with van der Waals surface area (Å²) in [7, 11) is 0. The summed E-state index contributed by atoms with van der Waals surface area (Å²) in [6, 6.07) is 8.79. The van der Waals surface area contributed by atoms with Gasteiger partial charge in [0.05, 0.1) is 17.1 Å². The monoisotopic (exact) mass is 273 g/mol. The van der Waals surface area contributed by atoms with Crippen LogP contribution < -0.4 is 11.1 Å². The number of aromatic nitrogens is 1. The number of nitrogens with zero attached hydrogens (tertiary/aromatic N) is 1. The van der Waals surface area contributed by atoms with Crippen LogP contribution in [0.25, 0.3) is 0 Å². The Bertz CT molecular complexity index is 588. The summed E-state index contributed by atoms with van der Waals surface area (Å²) >= 11 is 0. The van der Waals surface area contributed by atoms with E-state index in [1.165, 1.54) is 0 Å². The molecule has 2 aromatic rings. The van der Waals surface area contributed by atoms with Gasteiger partial charge in [-0.2, -0.15) is 0 Å². The van der Waals surface area contributed by atoms with Gasteiger partial charge >= 0.3 is 0 Å². The molecule has 20 heavy (non-hydrogen) atoms. The first kappa shape index (κ1) is 14.1. The second-order valence-electron chi connectivity index (χ2n) is 4.67. The Hall–Kier alpha value is -2.30. The van der Waals surface area contributed by atoms with Crippen LogP contribution >= 0.6 is 0 Å². The number of nitrogens with one attached hydrogen (secondary N) is 1. The summed E-state index contributed by atoms with van der Waals surface area (Å²) in [6.07, 6.45) is 1.94. The first-order valence-corrected chi connectivity index (χ1v) is 6.78. The lowest BCUT2D eigenvalue weighted by atomic mass is 9.99. The Morgan fingerprint density at radius 2 is 2.05 bits per heavy atom. The number of hydrogen-bond donors (Lipinski definition) is 2. The van der Waals surface area contributed by atoms with Gasteiger partial charge < -0.3 is 15.6 Å². The van der Waals surface area contributed by atoms with Crippen molar-refractivity contribution < 1.29 is 9.32 Å². The summed E-state index contributed by atoms with van der Waals surface area (Å²) < 4.78 is 5.12. The van der Waals surface area contributed by atoms with E-state index in [0.717, 1.165) is 18.5 Å².